The molecule has 3 aromatic carbocycles. The van der Waals surface area contributed by atoms with Gasteiger partial charge in [0.15, 0.2) is 5.82 Å². The number of halogens is 1. The van der Waals surface area contributed by atoms with E-state index in [1.807, 2.05) is 60.7 Å². The number of rotatable bonds is 7. The van der Waals surface area contributed by atoms with Crippen molar-refractivity contribution in [3.63, 3.8) is 0 Å². The van der Waals surface area contributed by atoms with E-state index in [1.54, 1.807) is 0 Å². The Kier molecular flexibility index (Phi) is 5.57. The van der Waals surface area contributed by atoms with Gasteiger partial charge in [0.1, 0.15) is 5.69 Å². The molecule has 0 aliphatic heterocycles. The number of para-hydroxylation sites is 1. The van der Waals surface area contributed by atoms with Crippen LogP contribution in [0, 0.1) is 0 Å². The van der Waals surface area contributed by atoms with E-state index in [4.69, 9.17) is 0 Å². The Morgan fingerprint density at radius 3 is 2.25 bits per heavy atom. The van der Waals surface area contributed by atoms with E-state index in [1.165, 1.54) is 0 Å². The minimum absolute atomic E-state index is 0.271. The molecule has 0 unspecified atom stereocenters. The number of aryl methyl sites for hydroxylation is 1. The SMILES string of the molecule is FCCCCc1ccccc1Nc1nnc(-c2ccccc2)c2ccccc12. The molecule has 3 nitrogen and oxygen atoms in total. The van der Waals surface area contributed by atoms with Crippen LogP contribution in [0.4, 0.5) is 15.9 Å². The quantitative estimate of drug-likeness (QED) is 0.386. The third-order valence-corrected chi connectivity index (χ3v) is 4.83. The molecule has 0 atom stereocenters. The first-order valence-corrected chi connectivity index (χ1v) is 9.58. The summed E-state index contributed by atoms with van der Waals surface area (Å²) >= 11 is 0. The first-order chi connectivity index (χ1) is 13.9. The fourth-order valence-corrected chi connectivity index (χ4v) is 3.40. The maximum Gasteiger partial charge on any atom is 0.161 e. The Bertz CT molecular complexity index is 1060. The van der Waals surface area contributed by atoms with Gasteiger partial charge in [0.05, 0.1) is 6.67 Å². The molecule has 0 spiro atoms. The van der Waals surface area contributed by atoms with Crippen LogP contribution in [0.1, 0.15) is 18.4 Å². The van der Waals surface area contributed by atoms with E-state index in [9.17, 15) is 4.39 Å². The molecule has 4 rings (SSSR count). The van der Waals surface area contributed by atoms with Gasteiger partial charge < -0.3 is 5.32 Å². The van der Waals surface area contributed by atoms with Gasteiger partial charge in [0.25, 0.3) is 0 Å². The van der Waals surface area contributed by atoms with E-state index in [0.29, 0.717) is 6.42 Å². The van der Waals surface area contributed by atoms with Gasteiger partial charge in [-0.1, -0.05) is 72.8 Å². The summed E-state index contributed by atoms with van der Waals surface area (Å²) < 4.78 is 12.5. The lowest BCUT2D eigenvalue weighted by Gasteiger charge is -2.14. The Hall–Kier alpha value is -3.27. The highest BCUT2D eigenvalue weighted by Gasteiger charge is 2.12. The van der Waals surface area contributed by atoms with Crippen LogP contribution < -0.4 is 5.32 Å². The van der Waals surface area contributed by atoms with Gasteiger partial charge in [-0.3, -0.25) is 4.39 Å². The molecule has 1 heterocycles. The van der Waals surface area contributed by atoms with Crippen molar-refractivity contribution in [2.45, 2.75) is 19.3 Å². The second-order valence-electron chi connectivity index (χ2n) is 6.74. The second kappa shape index (κ2) is 8.61. The van der Waals surface area contributed by atoms with Crippen molar-refractivity contribution in [1.29, 1.82) is 0 Å². The van der Waals surface area contributed by atoms with Crippen LogP contribution in [0.15, 0.2) is 78.9 Å². The number of nitrogens with one attached hydrogen (secondary N) is 1. The summed E-state index contributed by atoms with van der Waals surface area (Å²) in [5.74, 6) is 0.730. The fourth-order valence-electron chi connectivity index (χ4n) is 3.40. The predicted octanol–water partition coefficient (Wildman–Crippen LogP) is 6.33. The molecule has 0 saturated carbocycles. The molecule has 4 heteroatoms. The van der Waals surface area contributed by atoms with Crippen molar-refractivity contribution in [3.05, 3.63) is 84.4 Å². The van der Waals surface area contributed by atoms with Crippen LogP contribution in [-0.4, -0.2) is 16.9 Å². The molecule has 0 saturated heterocycles. The lowest BCUT2D eigenvalue weighted by atomic mass is 10.0. The standard InChI is InChI=1S/C24H22FN3/c25-17-9-8-11-18-10-4-7-16-22(18)26-24-21-15-6-5-14-20(21)23(27-28-24)19-12-2-1-3-13-19/h1-7,10,12-16H,8-9,11,17H2,(H,26,28). The van der Waals surface area contributed by atoms with Crippen LogP contribution in [0.25, 0.3) is 22.0 Å². The average molecular weight is 371 g/mol. The molecular formula is C24H22FN3. The summed E-state index contributed by atoms with van der Waals surface area (Å²) in [5.41, 5.74) is 4.07. The normalized spacial score (nSPS) is 10.9. The number of hydrogen-bond acceptors (Lipinski definition) is 3. The first kappa shape index (κ1) is 18.1. The van der Waals surface area contributed by atoms with Gasteiger partial charge in [0, 0.05) is 22.0 Å². The number of nitrogens with zero attached hydrogens (tertiary/aromatic N) is 2. The summed E-state index contributed by atoms with van der Waals surface area (Å²) in [7, 11) is 0. The van der Waals surface area contributed by atoms with Crippen molar-refractivity contribution in [3.8, 4) is 11.3 Å². The zero-order valence-corrected chi connectivity index (χ0v) is 15.6. The minimum atomic E-state index is -0.271. The first-order valence-electron chi connectivity index (χ1n) is 9.58. The lowest BCUT2D eigenvalue weighted by molar-refractivity contribution is 0.462. The van der Waals surface area contributed by atoms with Crippen molar-refractivity contribution >= 4 is 22.3 Å². The molecule has 0 aliphatic rings. The number of hydrogen-bond donors (Lipinski definition) is 1. The van der Waals surface area contributed by atoms with Gasteiger partial charge in [-0.25, -0.2) is 0 Å². The Morgan fingerprint density at radius 2 is 1.43 bits per heavy atom. The van der Waals surface area contributed by atoms with Gasteiger partial charge >= 0.3 is 0 Å². The molecule has 0 aliphatic carbocycles. The van der Waals surface area contributed by atoms with Crippen LogP contribution in [0.5, 0.6) is 0 Å². The number of aromatic nitrogens is 2. The minimum Gasteiger partial charge on any atom is -0.338 e. The highest BCUT2D eigenvalue weighted by molar-refractivity contribution is 6.00. The van der Waals surface area contributed by atoms with Crippen molar-refractivity contribution in [2.24, 2.45) is 0 Å². The number of fused-ring (bicyclic) bond motifs is 1. The second-order valence-corrected chi connectivity index (χ2v) is 6.74. The van der Waals surface area contributed by atoms with E-state index >= 15 is 0 Å². The largest absolute Gasteiger partial charge is 0.338 e. The molecule has 4 aromatic rings. The summed E-state index contributed by atoms with van der Waals surface area (Å²) in [5, 5.41) is 14.5. The number of unbranched alkanes of at least 4 members (excludes halogenated alkanes) is 1. The zero-order chi connectivity index (χ0) is 19.2. The van der Waals surface area contributed by atoms with Crippen molar-refractivity contribution in [1.82, 2.24) is 10.2 Å². The van der Waals surface area contributed by atoms with Crippen LogP contribution in [0.3, 0.4) is 0 Å². The third-order valence-electron chi connectivity index (χ3n) is 4.83. The number of alkyl halides is 1. The van der Waals surface area contributed by atoms with Gasteiger partial charge in [0.2, 0.25) is 0 Å². The maximum absolute atomic E-state index is 12.5. The molecular weight excluding hydrogens is 349 g/mol. The monoisotopic (exact) mass is 371 g/mol. The topological polar surface area (TPSA) is 37.8 Å². The predicted molar refractivity (Wildman–Crippen MR) is 114 cm³/mol. The molecule has 28 heavy (non-hydrogen) atoms. The highest BCUT2D eigenvalue weighted by Crippen LogP contribution is 2.31. The van der Waals surface area contributed by atoms with Crippen molar-refractivity contribution in [2.75, 3.05) is 12.0 Å². The lowest BCUT2D eigenvalue weighted by Crippen LogP contribution is -2.02. The third kappa shape index (κ3) is 3.86. The van der Waals surface area contributed by atoms with E-state index in [-0.39, 0.29) is 6.67 Å². The molecule has 140 valence electrons. The van der Waals surface area contributed by atoms with E-state index < -0.39 is 0 Å². The average Bonchev–Trinajstić information content (AvgIpc) is 2.76. The summed E-state index contributed by atoms with van der Waals surface area (Å²) in [6.07, 6.45) is 2.25. The fraction of sp³-hybridized carbons (Fsp3) is 0.167. The summed E-state index contributed by atoms with van der Waals surface area (Å²) in [6.45, 7) is -0.271. The van der Waals surface area contributed by atoms with Crippen LogP contribution in [-0.2, 0) is 6.42 Å². The van der Waals surface area contributed by atoms with Crippen molar-refractivity contribution < 1.29 is 4.39 Å². The van der Waals surface area contributed by atoms with Gasteiger partial charge in [-0.15, -0.1) is 10.2 Å². The summed E-state index contributed by atoms with van der Waals surface area (Å²) in [6, 6.07) is 26.4. The smallest absolute Gasteiger partial charge is 0.161 e. The van der Waals surface area contributed by atoms with Crippen LogP contribution >= 0.6 is 0 Å². The Balaban J connectivity index is 1.72. The molecule has 0 bridgehead atoms. The zero-order valence-electron chi connectivity index (χ0n) is 15.6. The Morgan fingerprint density at radius 1 is 0.714 bits per heavy atom. The number of anilines is 2. The van der Waals surface area contributed by atoms with E-state index in [0.717, 1.165) is 51.9 Å². The molecule has 0 radical (unpaired) electrons. The van der Waals surface area contributed by atoms with Crippen LogP contribution in [0.2, 0.25) is 0 Å². The molecule has 0 amide bonds. The van der Waals surface area contributed by atoms with E-state index in [2.05, 4.69) is 33.7 Å². The van der Waals surface area contributed by atoms with Gasteiger partial charge in [-0.2, -0.15) is 0 Å². The maximum atomic E-state index is 12.5. The number of benzene rings is 3. The van der Waals surface area contributed by atoms with Gasteiger partial charge in [-0.05, 0) is 30.9 Å². The highest BCUT2D eigenvalue weighted by atomic mass is 19.1. The molecule has 1 N–H and O–H groups in total. The molecule has 0 fully saturated rings. The summed E-state index contributed by atoms with van der Waals surface area (Å²) in [4.78, 5) is 0. The molecule has 1 aromatic heterocycles. The Labute approximate surface area is 164 Å².